The van der Waals surface area contributed by atoms with Gasteiger partial charge in [0.15, 0.2) is 0 Å². The fraction of sp³-hybridized carbons (Fsp3) is 0.667. The molecule has 1 atom stereocenters. The first-order valence-corrected chi connectivity index (χ1v) is 8.31. The summed E-state index contributed by atoms with van der Waals surface area (Å²) in [4.78, 5) is 2.63. The van der Waals surface area contributed by atoms with Crippen LogP contribution in [0.4, 0.5) is 0 Å². The number of hydrogen-bond donors (Lipinski definition) is 1. The summed E-state index contributed by atoms with van der Waals surface area (Å²) in [5, 5.41) is 0. The van der Waals surface area contributed by atoms with Crippen LogP contribution in [0, 0.1) is 0 Å². The Balaban J connectivity index is 1.48. The van der Waals surface area contributed by atoms with Gasteiger partial charge in [-0.1, -0.05) is 49.6 Å². The van der Waals surface area contributed by atoms with Gasteiger partial charge in [0, 0.05) is 12.1 Å². The smallest absolute Gasteiger partial charge is 0.0166 e. The van der Waals surface area contributed by atoms with Crippen molar-refractivity contribution in [3.05, 3.63) is 35.9 Å². The molecule has 0 amide bonds. The Morgan fingerprint density at radius 1 is 1.10 bits per heavy atom. The molecule has 3 rings (SSSR count). The zero-order valence-electron chi connectivity index (χ0n) is 12.6. The molecule has 1 aromatic rings. The van der Waals surface area contributed by atoms with Crippen molar-refractivity contribution in [2.45, 2.75) is 56.4 Å². The van der Waals surface area contributed by atoms with Crippen LogP contribution in [-0.2, 0) is 0 Å². The lowest BCUT2D eigenvalue weighted by Crippen LogP contribution is -2.44. The highest BCUT2D eigenvalue weighted by molar-refractivity contribution is 5.21. The largest absolute Gasteiger partial charge is 0.325 e. The minimum absolute atomic E-state index is 0.142. The van der Waals surface area contributed by atoms with Crippen LogP contribution in [0.5, 0.6) is 0 Å². The molecule has 0 aromatic heterocycles. The summed E-state index contributed by atoms with van der Waals surface area (Å²) in [5.41, 5.74) is 8.21. The zero-order chi connectivity index (χ0) is 13.8. The average molecular weight is 272 g/mol. The Kier molecular flexibility index (Phi) is 4.42. The lowest BCUT2D eigenvalue weighted by molar-refractivity contribution is 0.229. The summed E-state index contributed by atoms with van der Waals surface area (Å²) in [6.45, 7) is 3.66. The number of nitrogens with zero attached hydrogens (tertiary/aromatic N) is 1. The van der Waals surface area contributed by atoms with Gasteiger partial charge in [-0.3, -0.25) is 0 Å². The molecule has 2 N–H and O–H groups in total. The molecule has 1 aliphatic heterocycles. The minimum Gasteiger partial charge on any atom is -0.325 e. The first-order chi connectivity index (χ1) is 9.75. The highest BCUT2D eigenvalue weighted by atomic mass is 15.1. The second kappa shape index (κ2) is 6.28. The van der Waals surface area contributed by atoms with E-state index in [1.807, 2.05) is 0 Å². The van der Waals surface area contributed by atoms with Gasteiger partial charge in [-0.2, -0.15) is 0 Å². The van der Waals surface area contributed by atoms with Crippen molar-refractivity contribution in [2.24, 2.45) is 5.73 Å². The van der Waals surface area contributed by atoms with Crippen LogP contribution < -0.4 is 5.73 Å². The van der Waals surface area contributed by atoms with E-state index in [0.29, 0.717) is 0 Å². The highest BCUT2D eigenvalue weighted by Gasteiger charge is 2.29. The molecule has 2 fully saturated rings. The highest BCUT2D eigenvalue weighted by Crippen LogP contribution is 2.31. The summed E-state index contributed by atoms with van der Waals surface area (Å²) in [7, 11) is 0. The number of hydrogen-bond acceptors (Lipinski definition) is 2. The summed E-state index contributed by atoms with van der Waals surface area (Å²) in [6.07, 6.45) is 9.03. The van der Waals surface area contributed by atoms with E-state index in [-0.39, 0.29) is 5.54 Å². The van der Waals surface area contributed by atoms with E-state index in [1.165, 1.54) is 70.1 Å². The van der Waals surface area contributed by atoms with E-state index < -0.39 is 0 Å². The SMILES string of the molecule is NC1(CCN2CCC(c3ccccc3)C2)CCCCC1. The first kappa shape index (κ1) is 14.1. The molecule has 0 radical (unpaired) electrons. The van der Waals surface area contributed by atoms with E-state index in [2.05, 4.69) is 35.2 Å². The molecule has 2 aliphatic rings. The lowest BCUT2D eigenvalue weighted by Gasteiger charge is -2.34. The molecule has 20 heavy (non-hydrogen) atoms. The molecule has 2 heteroatoms. The van der Waals surface area contributed by atoms with Crippen LogP contribution in [-0.4, -0.2) is 30.1 Å². The van der Waals surface area contributed by atoms with Crippen molar-refractivity contribution < 1.29 is 0 Å². The van der Waals surface area contributed by atoms with Gasteiger partial charge in [-0.15, -0.1) is 0 Å². The third-order valence-electron chi connectivity index (χ3n) is 5.32. The molecule has 1 unspecified atom stereocenters. The summed E-state index contributed by atoms with van der Waals surface area (Å²) in [6, 6.07) is 11.0. The molecular formula is C18H28N2. The quantitative estimate of drug-likeness (QED) is 0.908. The Labute approximate surface area is 123 Å². The van der Waals surface area contributed by atoms with Crippen molar-refractivity contribution >= 4 is 0 Å². The van der Waals surface area contributed by atoms with E-state index in [9.17, 15) is 0 Å². The number of nitrogens with two attached hydrogens (primary N) is 1. The fourth-order valence-electron chi connectivity index (χ4n) is 3.92. The molecule has 1 aromatic carbocycles. The Hall–Kier alpha value is -0.860. The monoisotopic (exact) mass is 272 g/mol. The van der Waals surface area contributed by atoms with Gasteiger partial charge in [0.25, 0.3) is 0 Å². The third-order valence-corrected chi connectivity index (χ3v) is 5.32. The predicted octanol–water partition coefficient (Wildman–Crippen LogP) is 3.53. The van der Waals surface area contributed by atoms with Gasteiger partial charge >= 0.3 is 0 Å². The van der Waals surface area contributed by atoms with Crippen molar-refractivity contribution in [3.63, 3.8) is 0 Å². The van der Waals surface area contributed by atoms with E-state index in [4.69, 9.17) is 5.73 Å². The van der Waals surface area contributed by atoms with Gasteiger partial charge in [0.05, 0.1) is 0 Å². The molecule has 0 bridgehead atoms. The summed E-state index contributed by atoms with van der Waals surface area (Å²) in [5.74, 6) is 0.733. The second-order valence-corrected chi connectivity index (χ2v) is 6.87. The van der Waals surface area contributed by atoms with Crippen molar-refractivity contribution in [1.82, 2.24) is 4.90 Å². The molecule has 1 saturated carbocycles. The molecular weight excluding hydrogens is 244 g/mol. The van der Waals surface area contributed by atoms with E-state index >= 15 is 0 Å². The van der Waals surface area contributed by atoms with E-state index in [1.54, 1.807) is 0 Å². The van der Waals surface area contributed by atoms with Gasteiger partial charge < -0.3 is 10.6 Å². The Bertz CT molecular complexity index is 409. The van der Waals surface area contributed by atoms with Crippen LogP contribution in [0.3, 0.4) is 0 Å². The molecule has 1 saturated heterocycles. The topological polar surface area (TPSA) is 29.3 Å². The maximum Gasteiger partial charge on any atom is 0.0166 e. The summed E-state index contributed by atoms with van der Waals surface area (Å²) >= 11 is 0. The minimum atomic E-state index is 0.142. The van der Waals surface area contributed by atoms with E-state index in [0.717, 1.165) is 5.92 Å². The van der Waals surface area contributed by atoms with Gasteiger partial charge in [0.2, 0.25) is 0 Å². The number of likely N-dealkylation sites (tertiary alicyclic amines) is 1. The van der Waals surface area contributed by atoms with Crippen LogP contribution in [0.25, 0.3) is 0 Å². The normalized spacial score (nSPS) is 26.8. The van der Waals surface area contributed by atoms with Crippen molar-refractivity contribution in [2.75, 3.05) is 19.6 Å². The number of benzene rings is 1. The van der Waals surface area contributed by atoms with Crippen LogP contribution in [0.2, 0.25) is 0 Å². The maximum atomic E-state index is 6.56. The third kappa shape index (κ3) is 3.42. The van der Waals surface area contributed by atoms with Crippen molar-refractivity contribution in [1.29, 1.82) is 0 Å². The fourth-order valence-corrected chi connectivity index (χ4v) is 3.92. The number of rotatable bonds is 4. The predicted molar refractivity (Wildman–Crippen MR) is 84.9 cm³/mol. The summed E-state index contributed by atoms with van der Waals surface area (Å²) < 4.78 is 0. The van der Waals surface area contributed by atoms with Gasteiger partial charge in [-0.25, -0.2) is 0 Å². The van der Waals surface area contributed by atoms with Crippen molar-refractivity contribution in [3.8, 4) is 0 Å². The van der Waals surface area contributed by atoms with Gasteiger partial charge in [-0.05, 0) is 50.3 Å². The first-order valence-electron chi connectivity index (χ1n) is 8.31. The van der Waals surface area contributed by atoms with Gasteiger partial charge in [0.1, 0.15) is 0 Å². The Morgan fingerprint density at radius 2 is 1.85 bits per heavy atom. The molecule has 1 aliphatic carbocycles. The molecule has 1 heterocycles. The lowest BCUT2D eigenvalue weighted by atomic mass is 9.80. The van der Waals surface area contributed by atoms with Crippen LogP contribution in [0.1, 0.15) is 56.4 Å². The maximum absolute atomic E-state index is 6.56. The zero-order valence-corrected chi connectivity index (χ0v) is 12.6. The van der Waals surface area contributed by atoms with Crippen LogP contribution in [0.15, 0.2) is 30.3 Å². The molecule has 110 valence electrons. The second-order valence-electron chi connectivity index (χ2n) is 6.87. The molecule has 0 spiro atoms. The average Bonchev–Trinajstić information content (AvgIpc) is 2.96. The molecule has 2 nitrogen and oxygen atoms in total. The van der Waals surface area contributed by atoms with Crippen LogP contribution >= 0.6 is 0 Å². The standard InChI is InChI=1S/C18H28N2/c19-18(10-5-2-6-11-18)12-14-20-13-9-17(15-20)16-7-3-1-4-8-16/h1,3-4,7-8,17H,2,5-6,9-15,19H2. The Morgan fingerprint density at radius 3 is 2.60 bits per heavy atom.